The molecule has 74 valence electrons. The molecule has 0 bridgehead atoms. The van der Waals surface area contributed by atoms with Gasteiger partial charge in [-0.3, -0.25) is 4.79 Å². The molecule has 0 aliphatic carbocycles. The molecule has 0 amide bonds. The zero-order valence-electron chi connectivity index (χ0n) is 7.73. The zero-order valence-corrected chi connectivity index (χ0v) is 8.54. The summed E-state index contributed by atoms with van der Waals surface area (Å²) in [5.41, 5.74) is 0. The van der Waals surface area contributed by atoms with Crippen LogP contribution >= 0.6 is 11.3 Å². The van der Waals surface area contributed by atoms with Crippen molar-refractivity contribution in [2.24, 2.45) is 0 Å². The molecule has 0 N–H and O–H groups in total. The van der Waals surface area contributed by atoms with Crippen molar-refractivity contribution < 1.29 is 14.3 Å². The van der Waals surface area contributed by atoms with Crippen LogP contribution in [0.5, 0.6) is 0 Å². The smallest absolute Gasteiger partial charge is 0.330 e. The number of ether oxygens (including phenoxy) is 1. The summed E-state index contributed by atoms with van der Waals surface area (Å²) < 4.78 is 4.71. The number of esters is 1. The Kier molecular flexibility index (Phi) is 4.07. The maximum absolute atomic E-state index is 10.9. The topological polar surface area (TPSA) is 43.4 Å². The van der Waals surface area contributed by atoms with Gasteiger partial charge in [-0.25, -0.2) is 4.79 Å². The van der Waals surface area contributed by atoms with Crippen LogP contribution in [-0.4, -0.2) is 18.9 Å². The third-order valence-electron chi connectivity index (χ3n) is 1.43. The Morgan fingerprint density at radius 2 is 2.21 bits per heavy atom. The number of thiophene rings is 1. The monoisotopic (exact) mass is 210 g/mol. The van der Waals surface area contributed by atoms with Gasteiger partial charge in [-0.1, -0.05) is 0 Å². The predicted octanol–water partition coefficient (Wildman–Crippen LogP) is 2.14. The molecule has 0 radical (unpaired) electrons. The van der Waals surface area contributed by atoms with Gasteiger partial charge in [0.25, 0.3) is 0 Å². The molecule has 3 nitrogen and oxygen atoms in total. The van der Waals surface area contributed by atoms with E-state index in [1.807, 2.05) is 0 Å². The van der Waals surface area contributed by atoms with E-state index in [9.17, 15) is 9.59 Å². The van der Waals surface area contributed by atoms with E-state index >= 15 is 0 Å². The fraction of sp³-hybridized carbons (Fsp3) is 0.200. The van der Waals surface area contributed by atoms with Crippen LogP contribution in [0.4, 0.5) is 0 Å². The van der Waals surface area contributed by atoms with Crippen LogP contribution in [0.2, 0.25) is 0 Å². The van der Waals surface area contributed by atoms with Gasteiger partial charge in [0.05, 0.1) is 11.5 Å². The predicted molar refractivity (Wildman–Crippen MR) is 55.4 cm³/mol. The van der Waals surface area contributed by atoms with E-state index in [4.69, 9.17) is 4.74 Å². The standard InChI is InChI=1S/C10H10O3S/c1-2-13-10(12)6-5-8-3-4-9(7-11)14-8/h3-7H,2H2,1H3. The van der Waals surface area contributed by atoms with Crippen molar-refractivity contribution in [2.45, 2.75) is 6.92 Å². The molecule has 1 heterocycles. The minimum absolute atomic E-state index is 0.367. The van der Waals surface area contributed by atoms with Gasteiger partial charge in [0, 0.05) is 11.0 Å². The summed E-state index contributed by atoms with van der Waals surface area (Å²) in [7, 11) is 0. The number of carbonyl (C=O) groups is 2. The first kappa shape index (κ1) is 10.7. The van der Waals surface area contributed by atoms with E-state index in [0.717, 1.165) is 11.2 Å². The molecule has 4 heteroatoms. The Labute approximate surface area is 86.0 Å². The van der Waals surface area contributed by atoms with E-state index < -0.39 is 0 Å². The molecular weight excluding hydrogens is 200 g/mol. The van der Waals surface area contributed by atoms with E-state index in [1.165, 1.54) is 17.4 Å². The van der Waals surface area contributed by atoms with Crippen molar-refractivity contribution in [2.75, 3.05) is 6.61 Å². The Morgan fingerprint density at radius 3 is 2.79 bits per heavy atom. The van der Waals surface area contributed by atoms with Gasteiger partial charge in [0.2, 0.25) is 0 Å². The molecule has 0 spiro atoms. The second-order valence-corrected chi connectivity index (χ2v) is 3.59. The minimum Gasteiger partial charge on any atom is -0.463 e. The first-order valence-corrected chi connectivity index (χ1v) is 4.97. The third kappa shape index (κ3) is 3.14. The molecule has 1 aromatic rings. The Bertz CT molecular complexity index is 352. The van der Waals surface area contributed by atoms with Gasteiger partial charge in [-0.05, 0) is 25.1 Å². The molecule has 0 atom stereocenters. The third-order valence-corrected chi connectivity index (χ3v) is 2.41. The largest absolute Gasteiger partial charge is 0.463 e. The number of hydrogen-bond acceptors (Lipinski definition) is 4. The molecule has 0 unspecified atom stereocenters. The fourth-order valence-corrected chi connectivity index (χ4v) is 1.59. The second kappa shape index (κ2) is 5.34. The fourth-order valence-electron chi connectivity index (χ4n) is 0.862. The highest BCUT2D eigenvalue weighted by molar-refractivity contribution is 7.14. The lowest BCUT2D eigenvalue weighted by atomic mass is 10.4. The summed E-state index contributed by atoms with van der Waals surface area (Å²) in [6.45, 7) is 2.12. The SMILES string of the molecule is CCOC(=O)C=Cc1ccc(C=O)s1. The van der Waals surface area contributed by atoms with E-state index in [2.05, 4.69) is 0 Å². The van der Waals surface area contributed by atoms with Gasteiger partial charge in [-0.15, -0.1) is 11.3 Å². The minimum atomic E-state index is -0.367. The summed E-state index contributed by atoms with van der Waals surface area (Å²) in [5, 5.41) is 0. The van der Waals surface area contributed by atoms with Gasteiger partial charge in [0.1, 0.15) is 0 Å². The first-order chi connectivity index (χ1) is 6.76. The maximum Gasteiger partial charge on any atom is 0.330 e. The van der Waals surface area contributed by atoms with Crippen LogP contribution < -0.4 is 0 Å². The van der Waals surface area contributed by atoms with Crippen molar-refractivity contribution in [3.63, 3.8) is 0 Å². The van der Waals surface area contributed by atoms with Gasteiger partial charge >= 0.3 is 5.97 Å². The number of aldehydes is 1. The average molecular weight is 210 g/mol. The summed E-state index contributed by atoms with van der Waals surface area (Å²) in [6.07, 6.45) is 3.77. The van der Waals surface area contributed by atoms with Crippen molar-refractivity contribution in [3.05, 3.63) is 28.0 Å². The molecule has 0 saturated carbocycles. The van der Waals surface area contributed by atoms with Crippen molar-refractivity contribution in [1.82, 2.24) is 0 Å². The Hall–Kier alpha value is -1.42. The lowest BCUT2D eigenvalue weighted by Gasteiger charge is -1.93. The Balaban J connectivity index is 2.59. The molecule has 0 saturated heterocycles. The molecule has 14 heavy (non-hydrogen) atoms. The maximum atomic E-state index is 10.9. The van der Waals surface area contributed by atoms with Crippen LogP contribution in [0.15, 0.2) is 18.2 Å². The van der Waals surface area contributed by atoms with E-state index in [0.29, 0.717) is 11.5 Å². The molecule has 1 aromatic heterocycles. The van der Waals surface area contributed by atoms with Crippen LogP contribution in [-0.2, 0) is 9.53 Å². The summed E-state index contributed by atoms with van der Waals surface area (Å²) >= 11 is 1.33. The van der Waals surface area contributed by atoms with Crippen molar-refractivity contribution in [3.8, 4) is 0 Å². The molecule has 1 rings (SSSR count). The quantitative estimate of drug-likeness (QED) is 0.434. The summed E-state index contributed by atoms with van der Waals surface area (Å²) in [4.78, 5) is 22.8. The average Bonchev–Trinajstić information content (AvgIpc) is 2.63. The van der Waals surface area contributed by atoms with Crippen molar-refractivity contribution >= 4 is 29.7 Å². The van der Waals surface area contributed by atoms with Gasteiger partial charge in [0.15, 0.2) is 6.29 Å². The second-order valence-electron chi connectivity index (χ2n) is 2.44. The van der Waals surface area contributed by atoms with Crippen LogP contribution in [0.25, 0.3) is 6.08 Å². The lowest BCUT2D eigenvalue weighted by molar-refractivity contribution is -0.137. The highest BCUT2D eigenvalue weighted by Gasteiger charge is 1.97. The first-order valence-electron chi connectivity index (χ1n) is 4.16. The van der Waals surface area contributed by atoms with Crippen LogP contribution in [0, 0.1) is 0 Å². The van der Waals surface area contributed by atoms with Crippen LogP contribution in [0.1, 0.15) is 21.5 Å². The zero-order chi connectivity index (χ0) is 10.4. The van der Waals surface area contributed by atoms with Crippen LogP contribution in [0.3, 0.4) is 0 Å². The van der Waals surface area contributed by atoms with Crippen molar-refractivity contribution in [1.29, 1.82) is 0 Å². The Morgan fingerprint density at radius 1 is 1.50 bits per heavy atom. The molecule has 0 aromatic carbocycles. The number of carbonyl (C=O) groups excluding carboxylic acids is 2. The van der Waals surface area contributed by atoms with E-state index in [-0.39, 0.29) is 5.97 Å². The van der Waals surface area contributed by atoms with E-state index in [1.54, 1.807) is 25.1 Å². The lowest BCUT2D eigenvalue weighted by Crippen LogP contribution is -1.98. The molecule has 0 aliphatic rings. The summed E-state index contributed by atoms with van der Waals surface area (Å²) in [5.74, 6) is -0.367. The molecule has 0 aliphatic heterocycles. The number of hydrogen-bond donors (Lipinski definition) is 0. The number of rotatable bonds is 4. The highest BCUT2D eigenvalue weighted by atomic mass is 32.1. The molecular formula is C10H10O3S. The van der Waals surface area contributed by atoms with Gasteiger partial charge in [-0.2, -0.15) is 0 Å². The van der Waals surface area contributed by atoms with Gasteiger partial charge < -0.3 is 4.74 Å². The highest BCUT2D eigenvalue weighted by Crippen LogP contribution is 2.15. The normalized spacial score (nSPS) is 10.4. The molecule has 0 fully saturated rings. The summed E-state index contributed by atoms with van der Waals surface area (Å²) in [6, 6.07) is 3.49.